The quantitative estimate of drug-likeness (QED) is 0.677. The predicted octanol–water partition coefficient (Wildman–Crippen LogP) is 3.91. The van der Waals surface area contributed by atoms with Gasteiger partial charge >= 0.3 is 0 Å². The lowest BCUT2D eigenvalue weighted by Gasteiger charge is -2.37. The number of hydrogen-bond acceptors (Lipinski definition) is 5. The fourth-order valence-corrected chi connectivity index (χ4v) is 5.51. The van der Waals surface area contributed by atoms with E-state index < -0.39 is 10.0 Å². The average molecular weight is 438 g/mol. The standard InChI is InChI=1S/C23H39N3O3S/c1-16(2)30(27,28)25-21-8-6-20(7-9-21)13-24-23-11-10-22(12-17(23)3)26-14-18(4)29-19(5)15-26/h10-12,16,18-21,24-25H,6-9,13-15H2,1-5H3/t18-,19?,20?,21?/m1/s1. The van der Waals surface area contributed by atoms with Gasteiger partial charge in [0.05, 0.1) is 17.5 Å². The van der Waals surface area contributed by atoms with Crippen molar-refractivity contribution in [1.82, 2.24) is 4.72 Å². The Bertz CT molecular complexity index is 794. The van der Waals surface area contributed by atoms with E-state index in [9.17, 15) is 8.42 Å². The van der Waals surface area contributed by atoms with Crippen molar-refractivity contribution < 1.29 is 13.2 Å². The molecule has 1 saturated heterocycles. The number of hydrogen-bond donors (Lipinski definition) is 2. The summed E-state index contributed by atoms with van der Waals surface area (Å²) in [6.07, 6.45) is 4.46. The van der Waals surface area contributed by atoms with Crippen LogP contribution in [0, 0.1) is 12.8 Å². The monoisotopic (exact) mass is 437 g/mol. The average Bonchev–Trinajstić information content (AvgIpc) is 2.67. The molecule has 2 atom stereocenters. The molecule has 30 heavy (non-hydrogen) atoms. The minimum Gasteiger partial charge on any atom is -0.385 e. The molecule has 170 valence electrons. The van der Waals surface area contributed by atoms with E-state index in [1.165, 1.54) is 16.9 Å². The fraction of sp³-hybridized carbons (Fsp3) is 0.739. The van der Waals surface area contributed by atoms with Gasteiger partial charge in [0.1, 0.15) is 0 Å². The number of morpholine rings is 1. The van der Waals surface area contributed by atoms with Gasteiger partial charge in [-0.15, -0.1) is 0 Å². The molecule has 7 heteroatoms. The van der Waals surface area contributed by atoms with Crippen LogP contribution in [-0.4, -0.2) is 51.6 Å². The van der Waals surface area contributed by atoms with Crippen LogP contribution in [-0.2, 0) is 14.8 Å². The minimum absolute atomic E-state index is 0.0907. The second-order valence-corrected chi connectivity index (χ2v) is 11.7. The maximum atomic E-state index is 12.1. The Kier molecular flexibility index (Phi) is 7.69. The van der Waals surface area contributed by atoms with Crippen molar-refractivity contribution in [3.05, 3.63) is 23.8 Å². The van der Waals surface area contributed by atoms with Gasteiger partial charge in [0.2, 0.25) is 10.0 Å². The smallest absolute Gasteiger partial charge is 0.214 e. The number of anilines is 2. The number of rotatable bonds is 7. The lowest BCUT2D eigenvalue weighted by Crippen LogP contribution is -2.45. The summed E-state index contributed by atoms with van der Waals surface area (Å²) in [7, 11) is -3.17. The van der Waals surface area contributed by atoms with Crippen LogP contribution >= 0.6 is 0 Å². The van der Waals surface area contributed by atoms with E-state index in [-0.39, 0.29) is 23.5 Å². The van der Waals surface area contributed by atoms with Crippen molar-refractivity contribution in [2.24, 2.45) is 5.92 Å². The first-order chi connectivity index (χ1) is 14.1. The first-order valence-corrected chi connectivity index (χ1v) is 12.9. The first-order valence-electron chi connectivity index (χ1n) is 11.4. The van der Waals surface area contributed by atoms with Crippen molar-refractivity contribution in [3.8, 4) is 0 Å². The van der Waals surface area contributed by atoms with E-state index in [2.05, 4.69) is 53.9 Å². The largest absolute Gasteiger partial charge is 0.385 e. The molecule has 0 radical (unpaired) electrons. The Morgan fingerprint density at radius 2 is 1.73 bits per heavy atom. The Hall–Kier alpha value is -1.31. The minimum atomic E-state index is -3.17. The zero-order valence-electron chi connectivity index (χ0n) is 19.1. The molecule has 1 aromatic carbocycles. The van der Waals surface area contributed by atoms with Gasteiger partial charge in [0, 0.05) is 37.1 Å². The molecule has 1 saturated carbocycles. The van der Waals surface area contributed by atoms with E-state index in [0.717, 1.165) is 45.3 Å². The fourth-order valence-electron chi connectivity index (χ4n) is 4.54. The van der Waals surface area contributed by atoms with Gasteiger partial charge in [-0.05, 0) is 90.0 Å². The van der Waals surface area contributed by atoms with Crippen molar-refractivity contribution in [2.75, 3.05) is 29.9 Å². The highest BCUT2D eigenvalue weighted by Gasteiger charge is 2.26. The number of benzene rings is 1. The predicted molar refractivity (Wildman–Crippen MR) is 125 cm³/mol. The van der Waals surface area contributed by atoms with Crippen LogP contribution in [0.4, 0.5) is 11.4 Å². The lowest BCUT2D eigenvalue weighted by atomic mass is 9.86. The Balaban J connectivity index is 1.49. The number of sulfonamides is 1. The molecule has 2 N–H and O–H groups in total. The van der Waals surface area contributed by atoms with Gasteiger partial charge in [-0.25, -0.2) is 13.1 Å². The van der Waals surface area contributed by atoms with Crippen molar-refractivity contribution >= 4 is 21.4 Å². The van der Waals surface area contributed by atoms with Crippen LogP contribution < -0.4 is 14.9 Å². The molecule has 1 heterocycles. The van der Waals surface area contributed by atoms with Gasteiger partial charge in [0.25, 0.3) is 0 Å². The zero-order valence-corrected chi connectivity index (χ0v) is 20.0. The molecular formula is C23H39N3O3S. The molecule has 2 fully saturated rings. The third-order valence-electron chi connectivity index (χ3n) is 6.37. The van der Waals surface area contributed by atoms with Crippen molar-refractivity contribution in [3.63, 3.8) is 0 Å². The van der Waals surface area contributed by atoms with Crippen LogP contribution in [0.2, 0.25) is 0 Å². The topological polar surface area (TPSA) is 70.7 Å². The summed E-state index contributed by atoms with van der Waals surface area (Å²) in [6.45, 7) is 12.7. The summed E-state index contributed by atoms with van der Waals surface area (Å²) in [6, 6.07) is 6.76. The maximum Gasteiger partial charge on any atom is 0.214 e. The molecule has 1 aliphatic heterocycles. The second kappa shape index (κ2) is 9.88. The molecule has 2 aliphatic rings. The summed E-state index contributed by atoms with van der Waals surface area (Å²) < 4.78 is 32.9. The summed E-state index contributed by atoms with van der Waals surface area (Å²) in [5.74, 6) is 0.588. The third-order valence-corrected chi connectivity index (χ3v) is 8.28. The normalized spacial score (nSPS) is 28.0. The van der Waals surface area contributed by atoms with Crippen LogP contribution in [0.1, 0.15) is 58.9 Å². The van der Waals surface area contributed by atoms with E-state index in [1.54, 1.807) is 13.8 Å². The summed E-state index contributed by atoms with van der Waals surface area (Å²) in [5.41, 5.74) is 3.71. The van der Waals surface area contributed by atoms with Crippen molar-refractivity contribution in [1.29, 1.82) is 0 Å². The second-order valence-electron chi connectivity index (χ2n) is 9.47. The molecule has 1 aliphatic carbocycles. The van der Waals surface area contributed by atoms with Gasteiger partial charge < -0.3 is 15.0 Å². The molecule has 1 unspecified atom stereocenters. The number of aryl methyl sites for hydroxylation is 1. The van der Waals surface area contributed by atoms with Crippen LogP contribution in [0.5, 0.6) is 0 Å². The lowest BCUT2D eigenvalue weighted by molar-refractivity contribution is -0.00522. The Morgan fingerprint density at radius 3 is 2.30 bits per heavy atom. The van der Waals surface area contributed by atoms with E-state index >= 15 is 0 Å². The molecule has 0 amide bonds. The Morgan fingerprint density at radius 1 is 1.10 bits per heavy atom. The molecule has 6 nitrogen and oxygen atoms in total. The van der Waals surface area contributed by atoms with Gasteiger partial charge in [0.15, 0.2) is 0 Å². The first kappa shape index (κ1) is 23.4. The number of nitrogens with one attached hydrogen (secondary N) is 2. The van der Waals surface area contributed by atoms with Crippen LogP contribution in [0.25, 0.3) is 0 Å². The molecule has 0 bridgehead atoms. The number of nitrogens with zero attached hydrogens (tertiary/aromatic N) is 1. The summed E-state index contributed by atoms with van der Waals surface area (Å²) in [5, 5.41) is 3.26. The van der Waals surface area contributed by atoms with Gasteiger partial charge in [-0.3, -0.25) is 0 Å². The van der Waals surface area contributed by atoms with Gasteiger partial charge in [-0.2, -0.15) is 0 Å². The highest BCUT2D eigenvalue weighted by atomic mass is 32.2. The van der Waals surface area contributed by atoms with E-state index in [1.807, 2.05) is 0 Å². The molecular weight excluding hydrogens is 398 g/mol. The molecule has 3 rings (SSSR count). The van der Waals surface area contributed by atoms with E-state index in [0.29, 0.717) is 5.92 Å². The highest BCUT2D eigenvalue weighted by molar-refractivity contribution is 7.90. The zero-order chi connectivity index (χ0) is 21.9. The van der Waals surface area contributed by atoms with Crippen LogP contribution in [0.15, 0.2) is 18.2 Å². The summed E-state index contributed by atoms with van der Waals surface area (Å²) >= 11 is 0. The SMILES string of the molecule is Cc1cc(N2CC(C)O[C@H](C)C2)ccc1NCC1CCC(NS(=O)(=O)C(C)C)CC1. The van der Waals surface area contributed by atoms with Gasteiger partial charge in [-0.1, -0.05) is 0 Å². The maximum absolute atomic E-state index is 12.1. The van der Waals surface area contributed by atoms with Crippen molar-refractivity contribution in [2.45, 2.75) is 83.8 Å². The van der Waals surface area contributed by atoms with E-state index in [4.69, 9.17) is 4.74 Å². The third kappa shape index (κ3) is 6.11. The number of ether oxygens (including phenoxy) is 1. The molecule has 0 aromatic heterocycles. The van der Waals surface area contributed by atoms with Crippen LogP contribution in [0.3, 0.4) is 0 Å². The Labute approximate surface area is 182 Å². The molecule has 0 spiro atoms. The highest BCUT2D eigenvalue weighted by Crippen LogP contribution is 2.28. The molecule has 1 aromatic rings. The summed E-state index contributed by atoms with van der Waals surface area (Å²) in [4.78, 5) is 2.41.